The standard InChI is InChI=1S/C14H25BrN2S/c1-5-13(6-2)16-8-11(3)17(4)9-12-7-14(15)18-10-12/h7,10-11,13,16H,5-6,8-9H2,1-4H3. The quantitative estimate of drug-likeness (QED) is 0.770. The van der Waals surface area contributed by atoms with Crippen molar-refractivity contribution < 1.29 is 0 Å². The van der Waals surface area contributed by atoms with E-state index in [1.54, 1.807) is 11.3 Å². The Balaban J connectivity index is 2.34. The number of nitrogens with zero attached hydrogens (tertiary/aromatic N) is 1. The summed E-state index contributed by atoms with van der Waals surface area (Å²) < 4.78 is 1.22. The van der Waals surface area contributed by atoms with Gasteiger partial charge in [0.2, 0.25) is 0 Å². The summed E-state index contributed by atoms with van der Waals surface area (Å²) in [6, 6.07) is 3.43. The lowest BCUT2D eigenvalue weighted by atomic mass is 10.1. The summed E-state index contributed by atoms with van der Waals surface area (Å²) in [6.45, 7) is 8.87. The molecular weight excluding hydrogens is 308 g/mol. The van der Waals surface area contributed by atoms with Crippen LogP contribution in [0, 0.1) is 0 Å². The normalized spacial score (nSPS) is 13.5. The molecule has 1 rings (SSSR count). The van der Waals surface area contributed by atoms with Crippen molar-refractivity contribution in [3.8, 4) is 0 Å². The van der Waals surface area contributed by atoms with E-state index in [9.17, 15) is 0 Å². The molecule has 0 aliphatic carbocycles. The highest BCUT2D eigenvalue weighted by molar-refractivity contribution is 9.11. The number of likely N-dealkylation sites (N-methyl/N-ethyl adjacent to an activating group) is 1. The van der Waals surface area contributed by atoms with Gasteiger partial charge in [0, 0.05) is 25.2 Å². The van der Waals surface area contributed by atoms with E-state index >= 15 is 0 Å². The average Bonchev–Trinajstić information content (AvgIpc) is 2.75. The van der Waals surface area contributed by atoms with Crippen molar-refractivity contribution in [1.82, 2.24) is 10.2 Å². The van der Waals surface area contributed by atoms with Gasteiger partial charge in [-0.15, -0.1) is 11.3 Å². The fourth-order valence-corrected chi connectivity index (χ4v) is 3.14. The monoisotopic (exact) mass is 332 g/mol. The molecule has 0 aromatic carbocycles. The first kappa shape index (κ1) is 16.2. The van der Waals surface area contributed by atoms with Gasteiger partial charge in [0.05, 0.1) is 3.79 Å². The molecule has 0 spiro atoms. The maximum Gasteiger partial charge on any atom is 0.0701 e. The van der Waals surface area contributed by atoms with Crippen LogP contribution in [-0.2, 0) is 6.54 Å². The summed E-state index contributed by atoms with van der Waals surface area (Å²) in [4.78, 5) is 2.41. The largest absolute Gasteiger partial charge is 0.312 e. The van der Waals surface area contributed by atoms with Gasteiger partial charge in [-0.05, 0) is 59.8 Å². The van der Waals surface area contributed by atoms with Crippen LogP contribution in [0.25, 0.3) is 0 Å². The number of halogens is 1. The third kappa shape index (κ3) is 5.39. The molecule has 0 aliphatic heterocycles. The second-order valence-corrected chi connectivity index (χ2v) is 7.24. The van der Waals surface area contributed by atoms with E-state index in [1.807, 2.05) is 0 Å². The minimum Gasteiger partial charge on any atom is -0.312 e. The number of nitrogens with one attached hydrogen (secondary N) is 1. The SMILES string of the molecule is CCC(CC)NCC(C)N(C)Cc1csc(Br)c1. The van der Waals surface area contributed by atoms with Crippen LogP contribution in [0.5, 0.6) is 0 Å². The minimum absolute atomic E-state index is 0.560. The van der Waals surface area contributed by atoms with Crippen molar-refractivity contribution in [3.63, 3.8) is 0 Å². The van der Waals surface area contributed by atoms with E-state index in [0.717, 1.165) is 13.1 Å². The summed E-state index contributed by atoms with van der Waals surface area (Å²) in [5, 5.41) is 5.87. The van der Waals surface area contributed by atoms with Gasteiger partial charge in [-0.3, -0.25) is 4.90 Å². The molecule has 4 heteroatoms. The smallest absolute Gasteiger partial charge is 0.0701 e. The van der Waals surface area contributed by atoms with Crippen LogP contribution < -0.4 is 5.32 Å². The van der Waals surface area contributed by atoms with E-state index in [1.165, 1.54) is 22.2 Å². The zero-order chi connectivity index (χ0) is 13.5. The second-order valence-electron chi connectivity index (χ2n) is 4.94. The molecule has 0 saturated carbocycles. The van der Waals surface area contributed by atoms with Crippen molar-refractivity contribution >= 4 is 27.3 Å². The number of rotatable bonds is 8. The van der Waals surface area contributed by atoms with Gasteiger partial charge < -0.3 is 5.32 Å². The van der Waals surface area contributed by atoms with Crippen LogP contribution in [0.4, 0.5) is 0 Å². The van der Waals surface area contributed by atoms with Crippen LogP contribution >= 0.6 is 27.3 Å². The van der Waals surface area contributed by atoms with Crippen LogP contribution in [0.3, 0.4) is 0 Å². The zero-order valence-corrected chi connectivity index (χ0v) is 14.3. The summed E-state index contributed by atoms with van der Waals surface area (Å²) >= 11 is 5.27. The first-order valence-electron chi connectivity index (χ1n) is 6.73. The first-order chi connectivity index (χ1) is 8.56. The highest BCUT2D eigenvalue weighted by Gasteiger charge is 2.12. The number of hydrogen-bond donors (Lipinski definition) is 1. The average molecular weight is 333 g/mol. The highest BCUT2D eigenvalue weighted by Crippen LogP contribution is 2.21. The lowest BCUT2D eigenvalue weighted by Gasteiger charge is -2.26. The Kier molecular flexibility index (Phi) is 7.46. The topological polar surface area (TPSA) is 15.3 Å². The van der Waals surface area contributed by atoms with E-state index in [4.69, 9.17) is 0 Å². The van der Waals surface area contributed by atoms with Gasteiger partial charge in [0.1, 0.15) is 0 Å². The molecule has 0 saturated heterocycles. The molecule has 1 N–H and O–H groups in total. The predicted octanol–water partition coefficient (Wildman–Crippen LogP) is 4.11. The second kappa shape index (κ2) is 8.31. The highest BCUT2D eigenvalue weighted by atomic mass is 79.9. The van der Waals surface area contributed by atoms with E-state index in [2.05, 4.69) is 65.4 Å². The lowest BCUT2D eigenvalue weighted by molar-refractivity contribution is 0.236. The summed E-state index contributed by atoms with van der Waals surface area (Å²) in [5.74, 6) is 0. The molecule has 2 nitrogen and oxygen atoms in total. The predicted molar refractivity (Wildman–Crippen MR) is 85.3 cm³/mol. The Morgan fingerprint density at radius 2 is 2.06 bits per heavy atom. The molecule has 0 bridgehead atoms. The molecular formula is C14H25BrN2S. The van der Waals surface area contributed by atoms with Crippen molar-refractivity contribution in [2.45, 2.75) is 52.2 Å². The summed E-state index contributed by atoms with van der Waals surface area (Å²) in [7, 11) is 2.20. The Hall–Kier alpha value is 0.100. The third-order valence-electron chi connectivity index (χ3n) is 3.49. The summed E-state index contributed by atoms with van der Waals surface area (Å²) in [6.07, 6.45) is 2.43. The van der Waals surface area contributed by atoms with Crippen LogP contribution in [-0.4, -0.2) is 30.6 Å². The fraction of sp³-hybridized carbons (Fsp3) is 0.714. The molecule has 1 heterocycles. The molecule has 1 aromatic heterocycles. The molecule has 1 atom stereocenters. The zero-order valence-electron chi connectivity index (χ0n) is 11.9. The van der Waals surface area contributed by atoms with E-state index < -0.39 is 0 Å². The van der Waals surface area contributed by atoms with Crippen molar-refractivity contribution in [2.24, 2.45) is 0 Å². The Morgan fingerprint density at radius 3 is 2.56 bits per heavy atom. The molecule has 0 amide bonds. The van der Waals surface area contributed by atoms with Crippen molar-refractivity contribution in [1.29, 1.82) is 0 Å². The molecule has 18 heavy (non-hydrogen) atoms. The first-order valence-corrected chi connectivity index (χ1v) is 8.40. The van der Waals surface area contributed by atoms with Crippen molar-refractivity contribution in [2.75, 3.05) is 13.6 Å². The molecule has 0 fully saturated rings. The van der Waals surface area contributed by atoms with Crippen LogP contribution in [0.2, 0.25) is 0 Å². The van der Waals surface area contributed by atoms with Gasteiger partial charge in [-0.25, -0.2) is 0 Å². The molecule has 0 aliphatic rings. The van der Waals surface area contributed by atoms with Gasteiger partial charge >= 0.3 is 0 Å². The van der Waals surface area contributed by atoms with Gasteiger partial charge in [0.25, 0.3) is 0 Å². The van der Waals surface area contributed by atoms with Gasteiger partial charge in [-0.1, -0.05) is 13.8 Å². The van der Waals surface area contributed by atoms with Crippen LogP contribution in [0.15, 0.2) is 15.2 Å². The lowest BCUT2D eigenvalue weighted by Crippen LogP contribution is -2.41. The Labute approximate surface area is 124 Å². The van der Waals surface area contributed by atoms with Gasteiger partial charge in [0.15, 0.2) is 0 Å². The van der Waals surface area contributed by atoms with E-state index in [-0.39, 0.29) is 0 Å². The number of hydrogen-bond acceptors (Lipinski definition) is 3. The molecule has 1 unspecified atom stereocenters. The summed E-state index contributed by atoms with van der Waals surface area (Å²) in [5.41, 5.74) is 1.39. The third-order valence-corrected chi connectivity index (χ3v) is 5.05. The van der Waals surface area contributed by atoms with Gasteiger partial charge in [-0.2, -0.15) is 0 Å². The van der Waals surface area contributed by atoms with E-state index in [0.29, 0.717) is 12.1 Å². The Morgan fingerprint density at radius 1 is 1.39 bits per heavy atom. The molecule has 104 valence electrons. The maximum absolute atomic E-state index is 3.64. The minimum atomic E-state index is 0.560. The number of thiophene rings is 1. The van der Waals surface area contributed by atoms with Crippen LogP contribution in [0.1, 0.15) is 39.2 Å². The molecule has 1 aromatic rings. The Bertz CT molecular complexity index is 336. The fourth-order valence-electron chi connectivity index (χ4n) is 1.94. The molecule has 0 radical (unpaired) electrons. The van der Waals surface area contributed by atoms with Crippen molar-refractivity contribution in [3.05, 3.63) is 20.8 Å². The maximum atomic E-state index is 3.64.